The summed E-state index contributed by atoms with van der Waals surface area (Å²) in [7, 11) is 0. The summed E-state index contributed by atoms with van der Waals surface area (Å²) in [5.74, 6) is 0. The zero-order chi connectivity index (χ0) is 13.0. The van der Waals surface area contributed by atoms with Crippen LogP contribution in [0.1, 0.15) is 44.2 Å². The number of fused-ring (bicyclic) bond motifs is 1. The zero-order valence-electron chi connectivity index (χ0n) is 12.6. The molecule has 0 heterocycles. The second-order valence-corrected chi connectivity index (χ2v) is 5.42. The third-order valence-corrected chi connectivity index (χ3v) is 4.03. The van der Waals surface area contributed by atoms with Crippen LogP contribution >= 0.6 is 24.8 Å². The fourth-order valence-corrected chi connectivity index (χ4v) is 3.18. The molecule has 1 atom stereocenters. The molecule has 0 saturated heterocycles. The Morgan fingerprint density at radius 3 is 2.40 bits per heavy atom. The van der Waals surface area contributed by atoms with E-state index in [4.69, 9.17) is 5.73 Å². The van der Waals surface area contributed by atoms with Gasteiger partial charge in [-0.15, -0.1) is 24.8 Å². The second-order valence-electron chi connectivity index (χ2n) is 5.42. The summed E-state index contributed by atoms with van der Waals surface area (Å²) in [6.45, 7) is 7.02. The normalized spacial score (nSPS) is 17.1. The second kappa shape index (κ2) is 9.49. The van der Waals surface area contributed by atoms with E-state index < -0.39 is 0 Å². The van der Waals surface area contributed by atoms with Crippen molar-refractivity contribution in [2.24, 2.45) is 0 Å². The first kappa shape index (κ1) is 19.6. The van der Waals surface area contributed by atoms with Crippen LogP contribution in [0, 0.1) is 0 Å². The summed E-state index contributed by atoms with van der Waals surface area (Å²) in [4.78, 5) is 2.67. The lowest BCUT2D eigenvalue weighted by molar-refractivity contribution is 0.180. The molecule has 2 nitrogen and oxygen atoms in total. The van der Waals surface area contributed by atoms with Gasteiger partial charge >= 0.3 is 0 Å². The summed E-state index contributed by atoms with van der Waals surface area (Å²) >= 11 is 0. The van der Waals surface area contributed by atoms with E-state index in [-0.39, 0.29) is 24.8 Å². The first-order valence-corrected chi connectivity index (χ1v) is 7.36. The fourth-order valence-electron chi connectivity index (χ4n) is 3.18. The van der Waals surface area contributed by atoms with E-state index in [1.165, 1.54) is 49.9 Å². The lowest BCUT2D eigenvalue weighted by Gasteiger charge is -2.35. The number of halogens is 2. The Kier molecular flexibility index (Phi) is 9.28. The van der Waals surface area contributed by atoms with Crippen molar-refractivity contribution in [3.05, 3.63) is 29.3 Å². The van der Waals surface area contributed by atoms with Crippen LogP contribution < -0.4 is 5.73 Å². The summed E-state index contributed by atoms with van der Waals surface area (Å²) < 4.78 is 0. The molecule has 4 heteroatoms. The Morgan fingerprint density at radius 1 is 1.15 bits per heavy atom. The van der Waals surface area contributed by atoms with E-state index in [1.54, 1.807) is 0 Å². The van der Waals surface area contributed by atoms with Gasteiger partial charge in [-0.3, -0.25) is 0 Å². The van der Waals surface area contributed by atoms with Crippen molar-refractivity contribution in [2.45, 2.75) is 52.0 Å². The molecule has 0 aromatic heterocycles. The molecule has 1 aromatic carbocycles. The molecule has 2 N–H and O–H groups in total. The van der Waals surface area contributed by atoms with Gasteiger partial charge < -0.3 is 10.6 Å². The molecule has 1 aliphatic carbocycles. The van der Waals surface area contributed by atoms with Crippen LogP contribution in [0.25, 0.3) is 0 Å². The average Bonchev–Trinajstić information content (AvgIpc) is 2.38. The SMILES string of the molecule is CCCN(CCC)C1CCc2c(N)cccc2C1.Cl.Cl. The van der Waals surface area contributed by atoms with Gasteiger partial charge in [-0.1, -0.05) is 26.0 Å². The molecule has 0 radical (unpaired) electrons. The Balaban J connectivity index is 0.00000180. The Bertz CT molecular complexity index is 390. The minimum absolute atomic E-state index is 0. The van der Waals surface area contributed by atoms with Gasteiger partial charge in [0.1, 0.15) is 0 Å². The van der Waals surface area contributed by atoms with E-state index in [0.29, 0.717) is 0 Å². The van der Waals surface area contributed by atoms with Gasteiger partial charge in [-0.25, -0.2) is 0 Å². The number of nitrogens with zero attached hydrogens (tertiary/aromatic N) is 1. The Hall–Kier alpha value is -0.440. The van der Waals surface area contributed by atoms with Crippen LogP contribution in [0.3, 0.4) is 0 Å². The summed E-state index contributed by atoms with van der Waals surface area (Å²) in [5.41, 5.74) is 9.94. The standard InChI is InChI=1S/C16H26N2.2ClH/c1-3-10-18(11-4-2)14-8-9-15-13(12-14)6-5-7-16(15)17;;/h5-7,14H,3-4,8-12,17H2,1-2H3;2*1H. The van der Waals surface area contributed by atoms with E-state index >= 15 is 0 Å². The molecule has 0 saturated carbocycles. The quantitative estimate of drug-likeness (QED) is 0.828. The van der Waals surface area contributed by atoms with Gasteiger partial charge in [0, 0.05) is 11.7 Å². The maximum Gasteiger partial charge on any atom is 0.0349 e. The number of anilines is 1. The third-order valence-electron chi connectivity index (χ3n) is 4.03. The van der Waals surface area contributed by atoms with Crippen LogP contribution in [-0.2, 0) is 12.8 Å². The molecular formula is C16H28Cl2N2. The minimum Gasteiger partial charge on any atom is -0.398 e. The fraction of sp³-hybridized carbons (Fsp3) is 0.625. The van der Waals surface area contributed by atoms with Crippen LogP contribution in [0.4, 0.5) is 5.69 Å². The van der Waals surface area contributed by atoms with Crippen molar-refractivity contribution in [1.29, 1.82) is 0 Å². The number of hydrogen-bond acceptors (Lipinski definition) is 2. The predicted octanol–water partition coefficient (Wildman–Crippen LogP) is 4.09. The molecule has 1 aromatic rings. The highest BCUT2D eigenvalue weighted by atomic mass is 35.5. The van der Waals surface area contributed by atoms with E-state index in [0.717, 1.165) is 18.2 Å². The van der Waals surface area contributed by atoms with Crippen LogP contribution in [-0.4, -0.2) is 24.0 Å². The molecule has 0 bridgehead atoms. The summed E-state index contributed by atoms with van der Waals surface area (Å²) in [6.07, 6.45) is 6.10. The van der Waals surface area contributed by atoms with Gasteiger partial charge in [0.2, 0.25) is 0 Å². The molecule has 0 aliphatic heterocycles. The highest BCUT2D eigenvalue weighted by molar-refractivity contribution is 5.85. The van der Waals surface area contributed by atoms with Crippen molar-refractivity contribution in [2.75, 3.05) is 18.8 Å². The summed E-state index contributed by atoms with van der Waals surface area (Å²) in [5, 5.41) is 0. The molecule has 0 fully saturated rings. The first-order chi connectivity index (χ1) is 8.76. The molecule has 1 unspecified atom stereocenters. The Morgan fingerprint density at radius 2 is 1.80 bits per heavy atom. The maximum absolute atomic E-state index is 6.07. The van der Waals surface area contributed by atoms with E-state index in [1.807, 2.05) is 6.07 Å². The highest BCUT2D eigenvalue weighted by Gasteiger charge is 2.24. The van der Waals surface area contributed by atoms with Crippen molar-refractivity contribution >= 4 is 30.5 Å². The topological polar surface area (TPSA) is 29.3 Å². The third kappa shape index (κ3) is 4.54. The lowest BCUT2D eigenvalue weighted by atomic mass is 9.86. The molecule has 20 heavy (non-hydrogen) atoms. The van der Waals surface area contributed by atoms with Gasteiger partial charge in [-0.2, -0.15) is 0 Å². The van der Waals surface area contributed by atoms with Crippen molar-refractivity contribution in [3.8, 4) is 0 Å². The number of benzene rings is 1. The largest absolute Gasteiger partial charge is 0.398 e. The number of nitrogen functional groups attached to an aromatic ring is 1. The van der Waals surface area contributed by atoms with Crippen molar-refractivity contribution in [1.82, 2.24) is 4.90 Å². The monoisotopic (exact) mass is 318 g/mol. The van der Waals surface area contributed by atoms with Crippen LogP contribution in [0.5, 0.6) is 0 Å². The molecular weight excluding hydrogens is 291 g/mol. The number of rotatable bonds is 5. The van der Waals surface area contributed by atoms with E-state index in [9.17, 15) is 0 Å². The lowest BCUT2D eigenvalue weighted by Crippen LogP contribution is -2.40. The van der Waals surface area contributed by atoms with Gasteiger partial charge in [0.15, 0.2) is 0 Å². The van der Waals surface area contributed by atoms with Crippen LogP contribution in [0.15, 0.2) is 18.2 Å². The highest BCUT2D eigenvalue weighted by Crippen LogP contribution is 2.28. The van der Waals surface area contributed by atoms with Crippen molar-refractivity contribution < 1.29 is 0 Å². The average molecular weight is 319 g/mol. The number of nitrogens with two attached hydrogens (primary N) is 1. The zero-order valence-corrected chi connectivity index (χ0v) is 14.2. The summed E-state index contributed by atoms with van der Waals surface area (Å²) in [6, 6.07) is 7.11. The van der Waals surface area contributed by atoms with Crippen molar-refractivity contribution in [3.63, 3.8) is 0 Å². The molecule has 116 valence electrons. The molecule has 1 aliphatic rings. The predicted molar refractivity (Wildman–Crippen MR) is 93.3 cm³/mol. The molecule has 0 amide bonds. The van der Waals surface area contributed by atoms with Gasteiger partial charge in [0.05, 0.1) is 0 Å². The number of hydrogen-bond donors (Lipinski definition) is 1. The minimum atomic E-state index is 0. The maximum atomic E-state index is 6.07. The van der Waals surface area contributed by atoms with E-state index in [2.05, 4.69) is 30.9 Å². The van der Waals surface area contributed by atoms with Gasteiger partial charge in [-0.05, 0) is 62.4 Å². The van der Waals surface area contributed by atoms with Crippen LogP contribution in [0.2, 0.25) is 0 Å². The molecule has 0 spiro atoms. The Labute approximate surface area is 135 Å². The first-order valence-electron chi connectivity index (χ1n) is 7.36. The smallest absolute Gasteiger partial charge is 0.0349 e. The molecule has 2 rings (SSSR count). The van der Waals surface area contributed by atoms with Gasteiger partial charge in [0.25, 0.3) is 0 Å².